The van der Waals surface area contributed by atoms with Crippen molar-refractivity contribution >= 4 is 45.0 Å². The van der Waals surface area contributed by atoms with Gasteiger partial charge in [0.25, 0.3) is 0 Å². The molecule has 1 aromatic heterocycles. The molecule has 0 saturated carbocycles. The zero-order valence-electron chi connectivity index (χ0n) is 8.86. The monoisotopic (exact) mass is 328 g/mol. The summed E-state index contributed by atoms with van der Waals surface area (Å²) in [5.74, 6) is 0.740. The van der Waals surface area contributed by atoms with Crippen LogP contribution >= 0.6 is 39.3 Å². The average molecular weight is 330 g/mol. The van der Waals surface area contributed by atoms with E-state index in [2.05, 4.69) is 20.9 Å². The molecular formula is C12H10BrClN2S. The third-order valence-electron chi connectivity index (χ3n) is 2.23. The maximum absolute atomic E-state index is 6.04. The Labute approximate surface area is 118 Å². The van der Waals surface area contributed by atoms with E-state index in [4.69, 9.17) is 17.3 Å². The number of thioether (sulfide) groups is 1. The van der Waals surface area contributed by atoms with Crippen molar-refractivity contribution < 1.29 is 0 Å². The Hall–Kier alpha value is -0.710. The molecule has 0 aliphatic rings. The molecule has 0 unspecified atom stereocenters. The van der Waals surface area contributed by atoms with Gasteiger partial charge in [-0.05, 0) is 29.8 Å². The van der Waals surface area contributed by atoms with Crippen molar-refractivity contribution in [2.75, 3.05) is 5.73 Å². The number of anilines is 1. The molecule has 0 bridgehead atoms. The summed E-state index contributed by atoms with van der Waals surface area (Å²) < 4.78 is 1.01. The van der Waals surface area contributed by atoms with Gasteiger partial charge in [-0.1, -0.05) is 33.6 Å². The summed E-state index contributed by atoms with van der Waals surface area (Å²) in [4.78, 5) is 4.23. The van der Waals surface area contributed by atoms with Crippen molar-refractivity contribution in [3.63, 3.8) is 0 Å². The molecule has 1 aromatic carbocycles. The maximum atomic E-state index is 6.04. The number of halogens is 2. The van der Waals surface area contributed by atoms with Crippen LogP contribution in [-0.2, 0) is 5.75 Å². The molecule has 88 valence electrons. The van der Waals surface area contributed by atoms with Gasteiger partial charge in [0.2, 0.25) is 0 Å². The molecule has 0 fully saturated rings. The lowest BCUT2D eigenvalue weighted by molar-refractivity contribution is 1.13. The first-order valence-corrected chi connectivity index (χ1v) is 7.10. The first-order valence-electron chi connectivity index (χ1n) is 4.94. The largest absolute Gasteiger partial charge is 0.398 e. The van der Waals surface area contributed by atoms with Crippen molar-refractivity contribution in [2.24, 2.45) is 0 Å². The summed E-state index contributed by atoms with van der Waals surface area (Å²) in [7, 11) is 0. The number of nitrogens with zero attached hydrogens (tertiary/aromatic N) is 1. The highest BCUT2D eigenvalue weighted by molar-refractivity contribution is 9.10. The lowest BCUT2D eigenvalue weighted by Crippen LogP contribution is -1.94. The van der Waals surface area contributed by atoms with Crippen LogP contribution in [0.2, 0.25) is 5.02 Å². The molecule has 2 N–H and O–H groups in total. The van der Waals surface area contributed by atoms with E-state index >= 15 is 0 Å². The van der Waals surface area contributed by atoms with Crippen LogP contribution in [0.5, 0.6) is 0 Å². The molecule has 0 aliphatic carbocycles. The highest BCUT2D eigenvalue weighted by Gasteiger charge is 2.07. The second kappa shape index (κ2) is 5.76. The molecule has 2 nitrogen and oxygen atoms in total. The molecule has 17 heavy (non-hydrogen) atoms. The Bertz CT molecular complexity index is 513. The second-order valence-electron chi connectivity index (χ2n) is 3.39. The zero-order valence-corrected chi connectivity index (χ0v) is 12.0. The van der Waals surface area contributed by atoms with Crippen LogP contribution in [0.15, 0.2) is 46.0 Å². The fourth-order valence-electron chi connectivity index (χ4n) is 1.35. The first-order chi connectivity index (χ1) is 8.18. The van der Waals surface area contributed by atoms with Gasteiger partial charge in [-0.25, -0.2) is 4.98 Å². The Kier molecular flexibility index (Phi) is 4.31. The van der Waals surface area contributed by atoms with E-state index < -0.39 is 0 Å². The molecule has 0 radical (unpaired) electrons. The number of benzene rings is 1. The van der Waals surface area contributed by atoms with Crippen molar-refractivity contribution in [3.8, 4) is 0 Å². The van der Waals surface area contributed by atoms with Gasteiger partial charge >= 0.3 is 0 Å². The van der Waals surface area contributed by atoms with Gasteiger partial charge in [0.05, 0.1) is 5.02 Å². The summed E-state index contributed by atoms with van der Waals surface area (Å²) in [6, 6.07) is 9.44. The van der Waals surface area contributed by atoms with Crippen LogP contribution in [0, 0.1) is 0 Å². The number of pyridine rings is 1. The lowest BCUT2D eigenvalue weighted by Gasteiger charge is -2.08. The third-order valence-corrected chi connectivity index (χ3v) is 4.42. The highest BCUT2D eigenvalue weighted by atomic mass is 79.9. The third kappa shape index (κ3) is 3.15. The molecule has 2 aromatic rings. The SMILES string of the molecule is Nc1cccc(Br)c1CSc1ncccc1Cl. The van der Waals surface area contributed by atoms with Gasteiger partial charge in [-0.3, -0.25) is 0 Å². The highest BCUT2D eigenvalue weighted by Crippen LogP contribution is 2.32. The smallest absolute Gasteiger partial charge is 0.115 e. The summed E-state index contributed by atoms with van der Waals surface area (Å²) >= 11 is 11.1. The van der Waals surface area contributed by atoms with E-state index in [1.807, 2.05) is 30.3 Å². The molecule has 5 heteroatoms. The van der Waals surface area contributed by atoms with Crippen LogP contribution in [0.4, 0.5) is 5.69 Å². The number of nitrogen functional groups attached to an aromatic ring is 1. The van der Waals surface area contributed by atoms with Gasteiger partial charge in [-0.2, -0.15) is 0 Å². The van der Waals surface area contributed by atoms with Crippen LogP contribution in [-0.4, -0.2) is 4.98 Å². The topological polar surface area (TPSA) is 38.9 Å². The predicted octanol–water partition coefficient (Wildman–Crippen LogP) is 4.37. The number of hydrogen-bond donors (Lipinski definition) is 1. The van der Waals surface area contributed by atoms with Crippen molar-refractivity contribution in [1.29, 1.82) is 0 Å². The Balaban J connectivity index is 2.16. The molecule has 1 heterocycles. The lowest BCUT2D eigenvalue weighted by atomic mass is 10.2. The number of nitrogens with two attached hydrogens (primary N) is 1. The molecule has 0 atom stereocenters. The zero-order chi connectivity index (χ0) is 12.3. The fraction of sp³-hybridized carbons (Fsp3) is 0.0833. The van der Waals surface area contributed by atoms with Crippen LogP contribution in [0.3, 0.4) is 0 Å². The van der Waals surface area contributed by atoms with Crippen molar-refractivity contribution in [1.82, 2.24) is 4.98 Å². The Morgan fingerprint density at radius 3 is 2.82 bits per heavy atom. The van der Waals surface area contributed by atoms with E-state index in [9.17, 15) is 0 Å². The van der Waals surface area contributed by atoms with Crippen LogP contribution in [0.1, 0.15) is 5.56 Å². The first kappa shape index (κ1) is 12.7. The Morgan fingerprint density at radius 1 is 1.29 bits per heavy atom. The summed E-state index contributed by atoms with van der Waals surface area (Å²) in [5.41, 5.74) is 7.77. The van der Waals surface area contributed by atoms with E-state index in [1.54, 1.807) is 18.0 Å². The second-order valence-corrected chi connectivity index (χ2v) is 5.61. The van der Waals surface area contributed by atoms with Gasteiger partial charge < -0.3 is 5.73 Å². The number of aromatic nitrogens is 1. The van der Waals surface area contributed by atoms with Crippen molar-refractivity contribution in [3.05, 3.63) is 51.6 Å². The predicted molar refractivity (Wildman–Crippen MR) is 77.4 cm³/mol. The van der Waals surface area contributed by atoms with E-state index in [0.717, 1.165) is 26.5 Å². The normalized spacial score (nSPS) is 10.5. The molecule has 0 amide bonds. The number of hydrogen-bond acceptors (Lipinski definition) is 3. The van der Waals surface area contributed by atoms with E-state index in [1.165, 1.54) is 0 Å². The number of rotatable bonds is 3. The quantitative estimate of drug-likeness (QED) is 0.671. The van der Waals surface area contributed by atoms with Gasteiger partial charge in [0, 0.05) is 22.1 Å². The van der Waals surface area contributed by atoms with E-state index in [-0.39, 0.29) is 0 Å². The van der Waals surface area contributed by atoms with Gasteiger partial charge in [0.15, 0.2) is 0 Å². The average Bonchev–Trinajstić information content (AvgIpc) is 2.30. The van der Waals surface area contributed by atoms with Gasteiger partial charge in [-0.15, -0.1) is 11.8 Å². The molecule has 0 saturated heterocycles. The standard InChI is InChI=1S/C12H10BrClN2S/c13-9-3-1-5-11(15)8(9)7-17-12-10(14)4-2-6-16-12/h1-6H,7,15H2. The summed E-state index contributed by atoms with van der Waals surface area (Å²) in [5, 5.41) is 1.49. The Morgan fingerprint density at radius 2 is 2.12 bits per heavy atom. The van der Waals surface area contributed by atoms with Gasteiger partial charge in [0.1, 0.15) is 5.03 Å². The fourth-order valence-corrected chi connectivity index (χ4v) is 3.28. The minimum absolute atomic E-state index is 0.670. The van der Waals surface area contributed by atoms with Crippen LogP contribution in [0.25, 0.3) is 0 Å². The molecule has 0 spiro atoms. The van der Waals surface area contributed by atoms with Crippen molar-refractivity contribution in [2.45, 2.75) is 10.8 Å². The summed E-state index contributed by atoms with van der Waals surface area (Å²) in [6.07, 6.45) is 1.73. The van der Waals surface area contributed by atoms with Crippen LogP contribution < -0.4 is 5.73 Å². The minimum atomic E-state index is 0.670. The molecule has 0 aliphatic heterocycles. The molecule has 2 rings (SSSR count). The van der Waals surface area contributed by atoms with E-state index in [0.29, 0.717) is 5.02 Å². The maximum Gasteiger partial charge on any atom is 0.115 e. The minimum Gasteiger partial charge on any atom is -0.398 e. The summed E-state index contributed by atoms with van der Waals surface area (Å²) in [6.45, 7) is 0. The molecular weight excluding hydrogens is 320 g/mol.